The van der Waals surface area contributed by atoms with Gasteiger partial charge in [0, 0.05) is 10.7 Å². The topological polar surface area (TPSA) is 63.1 Å². The summed E-state index contributed by atoms with van der Waals surface area (Å²) >= 11 is 13.4. The maximum absolute atomic E-state index is 13.6. The summed E-state index contributed by atoms with van der Waals surface area (Å²) in [5.74, 6) is 0.224. The van der Waals surface area contributed by atoms with Crippen LogP contribution in [-0.4, -0.2) is 43.9 Å². The van der Waals surface area contributed by atoms with Gasteiger partial charge in [0.25, 0.3) is 0 Å². The molecule has 1 N–H and O–H groups in total. The Labute approximate surface area is 212 Å². The number of nitrogens with one attached hydrogen (secondary N) is 1. The molecule has 4 rings (SSSR count). The first-order chi connectivity index (χ1) is 16.3. The van der Waals surface area contributed by atoms with Crippen LogP contribution >= 0.6 is 35.0 Å². The third-order valence-corrected chi connectivity index (χ3v) is 7.49. The Kier molecular flexibility index (Phi) is 8.14. The number of nitrogens with zero attached hydrogens (tertiary/aromatic N) is 4. The summed E-state index contributed by atoms with van der Waals surface area (Å²) in [7, 11) is 0. The van der Waals surface area contributed by atoms with E-state index in [0.717, 1.165) is 37.4 Å². The van der Waals surface area contributed by atoms with E-state index < -0.39 is 5.25 Å². The lowest BCUT2D eigenvalue weighted by Gasteiger charge is -2.32. The molecule has 1 aliphatic heterocycles. The van der Waals surface area contributed by atoms with Crippen molar-refractivity contribution in [3.05, 3.63) is 64.2 Å². The van der Waals surface area contributed by atoms with Gasteiger partial charge < -0.3 is 5.32 Å². The summed E-state index contributed by atoms with van der Waals surface area (Å²) in [6.45, 7) is 5.91. The molecular weight excluding hydrogens is 496 g/mol. The number of likely N-dealkylation sites (tertiary alicyclic amines) is 1. The van der Waals surface area contributed by atoms with Crippen LogP contribution in [0.4, 0.5) is 10.1 Å². The lowest BCUT2D eigenvalue weighted by molar-refractivity contribution is -0.115. The average Bonchev–Trinajstić information content (AvgIpc) is 3.24. The van der Waals surface area contributed by atoms with Crippen LogP contribution in [0, 0.1) is 5.82 Å². The van der Waals surface area contributed by atoms with E-state index in [2.05, 4.69) is 27.3 Å². The molecule has 1 fully saturated rings. The number of thioether (sulfide) groups is 1. The minimum atomic E-state index is -0.492. The van der Waals surface area contributed by atoms with Crippen LogP contribution in [0.2, 0.25) is 10.0 Å². The minimum absolute atomic E-state index is 0.0317. The van der Waals surface area contributed by atoms with Gasteiger partial charge in [0.1, 0.15) is 5.82 Å². The summed E-state index contributed by atoms with van der Waals surface area (Å²) in [6.07, 6.45) is 3.54. The van der Waals surface area contributed by atoms with Gasteiger partial charge in [-0.2, -0.15) is 0 Å². The number of benzene rings is 2. The van der Waals surface area contributed by atoms with Crippen molar-refractivity contribution >= 4 is 46.6 Å². The summed E-state index contributed by atoms with van der Waals surface area (Å²) in [6, 6.07) is 11.2. The zero-order chi connectivity index (χ0) is 24.2. The molecule has 6 nitrogen and oxygen atoms in total. The number of carbonyl (C=O) groups excluding carboxylic acids is 1. The first-order valence-corrected chi connectivity index (χ1v) is 12.8. The van der Waals surface area contributed by atoms with Crippen LogP contribution in [0.1, 0.15) is 45.0 Å². The Balaban J connectivity index is 1.59. The number of anilines is 1. The Morgan fingerprint density at radius 2 is 1.76 bits per heavy atom. The van der Waals surface area contributed by atoms with Crippen LogP contribution in [0.25, 0.3) is 5.69 Å². The number of carbonyl (C=O) groups is 1. The predicted molar refractivity (Wildman–Crippen MR) is 136 cm³/mol. The molecule has 0 aliphatic carbocycles. The lowest BCUT2D eigenvalue weighted by atomic mass is 10.1. The normalized spacial score (nSPS) is 16.3. The fourth-order valence-corrected chi connectivity index (χ4v) is 5.30. The van der Waals surface area contributed by atoms with Gasteiger partial charge in [-0.15, -0.1) is 10.2 Å². The van der Waals surface area contributed by atoms with Crippen molar-refractivity contribution < 1.29 is 9.18 Å². The number of hydrogen-bond donors (Lipinski definition) is 1. The van der Waals surface area contributed by atoms with Crippen molar-refractivity contribution in [1.82, 2.24) is 19.7 Å². The summed E-state index contributed by atoms with van der Waals surface area (Å²) < 4.78 is 15.6. The van der Waals surface area contributed by atoms with E-state index in [-0.39, 0.29) is 17.8 Å². The number of hydrogen-bond acceptors (Lipinski definition) is 5. The van der Waals surface area contributed by atoms with Crippen LogP contribution in [0.15, 0.2) is 47.6 Å². The highest BCUT2D eigenvalue weighted by Gasteiger charge is 2.27. The van der Waals surface area contributed by atoms with E-state index in [4.69, 9.17) is 23.2 Å². The van der Waals surface area contributed by atoms with Gasteiger partial charge in [-0.1, -0.05) is 41.4 Å². The molecule has 2 unspecified atom stereocenters. The van der Waals surface area contributed by atoms with E-state index in [0.29, 0.717) is 20.9 Å². The quantitative estimate of drug-likeness (QED) is 0.365. The van der Waals surface area contributed by atoms with Gasteiger partial charge >= 0.3 is 0 Å². The average molecular weight is 522 g/mol. The molecule has 180 valence electrons. The van der Waals surface area contributed by atoms with Crippen LogP contribution in [0.3, 0.4) is 0 Å². The predicted octanol–water partition coefficient (Wildman–Crippen LogP) is 6.38. The molecule has 1 aliphatic rings. The van der Waals surface area contributed by atoms with Crippen molar-refractivity contribution in [1.29, 1.82) is 0 Å². The highest BCUT2D eigenvalue weighted by atomic mass is 35.5. The monoisotopic (exact) mass is 521 g/mol. The zero-order valence-corrected chi connectivity index (χ0v) is 21.3. The van der Waals surface area contributed by atoms with Gasteiger partial charge in [-0.3, -0.25) is 14.3 Å². The number of aromatic nitrogens is 3. The molecule has 0 bridgehead atoms. The number of piperidine rings is 1. The fourth-order valence-electron chi connectivity index (χ4n) is 3.97. The van der Waals surface area contributed by atoms with Crippen molar-refractivity contribution in [3.63, 3.8) is 0 Å². The van der Waals surface area contributed by atoms with Crippen molar-refractivity contribution in [2.75, 3.05) is 18.4 Å². The Morgan fingerprint density at radius 3 is 2.44 bits per heavy atom. The molecular formula is C24H26Cl2FN5OS. The molecule has 2 heterocycles. The van der Waals surface area contributed by atoms with Crippen LogP contribution < -0.4 is 5.32 Å². The second-order valence-corrected chi connectivity index (χ2v) is 10.5. The SMILES string of the molecule is CC(Sc1nnc(C(C)N2CCCCC2)n1-c1ccc(F)cc1)C(=O)Nc1ccc(Cl)cc1Cl. The van der Waals surface area contributed by atoms with Crippen LogP contribution in [0.5, 0.6) is 0 Å². The minimum Gasteiger partial charge on any atom is -0.324 e. The maximum Gasteiger partial charge on any atom is 0.237 e. The molecule has 34 heavy (non-hydrogen) atoms. The second-order valence-electron chi connectivity index (χ2n) is 8.30. The Morgan fingerprint density at radius 1 is 1.06 bits per heavy atom. The molecule has 2 aromatic carbocycles. The van der Waals surface area contributed by atoms with Crippen LogP contribution in [-0.2, 0) is 4.79 Å². The van der Waals surface area contributed by atoms with Gasteiger partial charge in [0.2, 0.25) is 5.91 Å². The van der Waals surface area contributed by atoms with E-state index in [1.807, 2.05) is 4.57 Å². The summed E-state index contributed by atoms with van der Waals surface area (Å²) in [5, 5.41) is 12.7. The highest BCUT2D eigenvalue weighted by Crippen LogP contribution is 2.32. The molecule has 0 spiro atoms. The van der Waals surface area contributed by atoms with Gasteiger partial charge in [-0.25, -0.2) is 4.39 Å². The summed E-state index contributed by atoms with van der Waals surface area (Å²) in [5.41, 5.74) is 1.24. The first kappa shape index (κ1) is 25.0. The second kappa shape index (κ2) is 11.1. The maximum atomic E-state index is 13.6. The zero-order valence-electron chi connectivity index (χ0n) is 19.0. The first-order valence-electron chi connectivity index (χ1n) is 11.2. The standard InChI is InChI=1S/C24H26Cl2FN5OS/c1-15(31-12-4-3-5-13-31)22-29-30-24(32(22)19-9-7-18(27)8-10-19)34-16(2)23(33)28-21-11-6-17(25)14-20(21)26/h6-11,14-16H,3-5,12-13H2,1-2H3,(H,28,33). The molecule has 10 heteroatoms. The smallest absolute Gasteiger partial charge is 0.237 e. The lowest BCUT2D eigenvalue weighted by Crippen LogP contribution is -2.33. The Hall–Kier alpha value is -2.13. The van der Waals surface area contributed by atoms with Gasteiger partial charge in [-0.05, 0) is 82.2 Å². The van der Waals surface area contributed by atoms with E-state index in [1.54, 1.807) is 37.3 Å². The number of rotatable bonds is 7. The largest absolute Gasteiger partial charge is 0.324 e. The number of halogens is 3. The van der Waals surface area contributed by atoms with Gasteiger partial charge in [0.15, 0.2) is 11.0 Å². The summed E-state index contributed by atoms with van der Waals surface area (Å²) in [4.78, 5) is 15.3. The number of amides is 1. The van der Waals surface area contributed by atoms with E-state index >= 15 is 0 Å². The molecule has 1 saturated heterocycles. The van der Waals surface area contributed by atoms with Crippen molar-refractivity contribution in [3.8, 4) is 5.69 Å². The Bertz CT molecular complexity index is 1150. The molecule has 2 atom stereocenters. The third-order valence-electron chi connectivity index (χ3n) is 5.90. The van der Waals surface area contributed by atoms with Crippen molar-refractivity contribution in [2.24, 2.45) is 0 Å². The van der Waals surface area contributed by atoms with Crippen molar-refractivity contribution in [2.45, 2.75) is 49.6 Å². The molecule has 3 aromatic rings. The molecule has 1 amide bonds. The highest BCUT2D eigenvalue weighted by molar-refractivity contribution is 8.00. The molecule has 1 aromatic heterocycles. The fraction of sp³-hybridized carbons (Fsp3) is 0.375. The third kappa shape index (κ3) is 5.74. The van der Waals surface area contributed by atoms with Gasteiger partial charge in [0.05, 0.1) is 22.0 Å². The van der Waals surface area contributed by atoms with E-state index in [1.165, 1.54) is 30.3 Å². The van der Waals surface area contributed by atoms with E-state index in [9.17, 15) is 9.18 Å². The molecule has 0 radical (unpaired) electrons. The molecule has 0 saturated carbocycles.